The van der Waals surface area contributed by atoms with Gasteiger partial charge in [-0.15, -0.1) is 0 Å². The number of aliphatic hydroxyl groups excluding tert-OH is 3. The summed E-state index contributed by atoms with van der Waals surface area (Å²) in [4.78, 5) is 0. The van der Waals surface area contributed by atoms with Crippen molar-refractivity contribution in [3.63, 3.8) is 0 Å². The summed E-state index contributed by atoms with van der Waals surface area (Å²) in [6, 6.07) is 0. The first kappa shape index (κ1) is 36.9. The molecule has 0 bridgehead atoms. The van der Waals surface area contributed by atoms with E-state index in [0.717, 1.165) is 0 Å². The molecule has 4 nitrogen and oxygen atoms in total. The van der Waals surface area contributed by atoms with Gasteiger partial charge in [-0.25, -0.2) is 0 Å². The van der Waals surface area contributed by atoms with E-state index in [4.69, 9.17) is 15.3 Å². The maximum atomic E-state index is 8.17. The molecule has 0 atom stereocenters. The summed E-state index contributed by atoms with van der Waals surface area (Å²) in [6.45, 7) is 14.5. The second-order valence-corrected chi connectivity index (χ2v) is 9.50. The van der Waals surface area contributed by atoms with E-state index in [2.05, 4.69) is 27.7 Å². The van der Waals surface area contributed by atoms with Crippen molar-refractivity contribution in [2.75, 3.05) is 39.4 Å². The Morgan fingerprint density at radius 1 is 0.469 bits per heavy atom. The number of rotatable bonds is 22. The van der Waals surface area contributed by atoms with Crippen molar-refractivity contribution in [3.8, 4) is 0 Å². The Bertz CT molecular complexity index is 275. The molecule has 0 fully saturated rings. The van der Waals surface area contributed by atoms with Crippen LogP contribution in [0, 0.1) is 0 Å². The highest BCUT2D eigenvalue weighted by Gasteiger charge is 2.25. The van der Waals surface area contributed by atoms with Gasteiger partial charge in [0, 0.05) is 0 Å². The molecule has 0 amide bonds. The van der Waals surface area contributed by atoms with Crippen molar-refractivity contribution < 1.29 is 36.8 Å². The zero-order valence-corrected chi connectivity index (χ0v) is 23.9. The molecule has 0 saturated heterocycles. The lowest BCUT2D eigenvalue weighted by molar-refractivity contribution is -0.929. The van der Waals surface area contributed by atoms with Crippen LogP contribution in [0.25, 0.3) is 0 Å². The number of unbranched alkanes of at least 4 members (excludes halogenated alkanes) is 12. The zero-order chi connectivity index (χ0) is 23.6. The van der Waals surface area contributed by atoms with Crippen LogP contribution in [-0.4, -0.2) is 65.3 Å². The third-order valence-corrected chi connectivity index (χ3v) is 6.37. The standard InChI is InChI=1S/C24H52N.C3H8O3.BrH/c1-5-9-13-17-21-25(22-18-14-10-6-2,23-19-15-11-7-3)24-20-16-12-8-4;4-1-3(6)2-5;/h5-24H2,1-4H3;3-6H,1-2H2;1H/q+1;;/p-1. The fourth-order valence-electron chi connectivity index (χ4n) is 4.22. The number of nitrogens with zero attached hydrogens (tertiary/aromatic N) is 1. The number of hydrogen-bond donors (Lipinski definition) is 3. The van der Waals surface area contributed by atoms with Crippen LogP contribution in [0.15, 0.2) is 0 Å². The molecule has 32 heavy (non-hydrogen) atoms. The number of halogens is 1. The van der Waals surface area contributed by atoms with Crippen molar-refractivity contribution in [3.05, 3.63) is 0 Å². The van der Waals surface area contributed by atoms with Crippen LogP contribution in [0.3, 0.4) is 0 Å². The number of aliphatic hydroxyl groups is 3. The van der Waals surface area contributed by atoms with Crippen molar-refractivity contribution >= 4 is 0 Å². The third-order valence-electron chi connectivity index (χ3n) is 6.37. The Kier molecular flexibility index (Phi) is 33.8. The first-order chi connectivity index (χ1) is 15.1. The van der Waals surface area contributed by atoms with Crippen molar-refractivity contribution in [1.82, 2.24) is 0 Å². The van der Waals surface area contributed by atoms with Crippen LogP contribution >= 0.6 is 0 Å². The molecule has 0 aromatic heterocycles. The largest absolute Gasteiger partial charge is 1.00 e. The van der Waals surface area contributed by atoms with Gasteiger partial charge in [-0.3, -0.25) is 0 Å². The van der Waals surface area contributed by atoms with Crippen LogP contribution in [0.5, 0.6) is 0 Å². The first-order valence-corrected chi connectivity index (χ1v) is 13.8. The summed E-state index contributed by atoms with van der Waals surface area (Å²) < 4.78 is 1.46. The van der Waals surface area contributed by atoms with Crippen LogP contribution in [0.1, 0.15) is 130 Å². The van der Waals surface area contributed by atoms with E-state index < -0.39 is 6.10 Å². The predicted molar refractivity (Wildman–Crippen MR) is 136 cm³/mol. The Labute approximate surface area is 212 Å². The normalized spacial score (nSPS) is 11.2. The summed E-state index contributed by atoms with van der Waals surface area (Å²) >= 11 is 0. The van der Waals surface area contributed by atoms with E-state index >= 15 is 0 Å². The van der Waals surface area contributed by atoms with Crippen LogP contribution < -0.4 is 17.0 Å². The summed E-state index contributed by atoms with van der Waals surface area (Å²) in [5.74, 6) is 0. The third kappa shape index (κ3) is 25.0. The molecule has 0 heterocycles. The smallest absolute Gasteiger partial charge is 0.100 e. The van der Waals surface area contributed by atoms with Crippen molar-refractivity contribution in [2.45, 2.75) is 137 Å². The maximum absolute atomic E-state index is 8.17. The molecule has 0 aliphatic carbocycles. The molecule has 5 heteroatoms. The Morgan fingerprint density at radius 2 is 0.719 bits per heavy atom. The van der Waals surface area contributed by atoms with Gasteiger partial charge in [0.2, 0.25) is 0 Å². The average molecular weight is 527 g/mol. The second-order valence-electron chi connectivity index (χ2n) is 9.50. The molecular formula is C27H60BrNO3. The molecule has 0 aliphatic rings. The average Bonchev–Trinajstić information content (AvgIpc) is 2.80. The molecular weight excluding hydrogens is 466 g/mol. The lowest BCUT2D eigenvalue weighted by Gasteiger charge is -2.39. The Morgan fingerprint density at radius 3 is 0.875 bits per heavy atom. The van der Waals surface area contributed by atoms with E-state index in [-0.39, 0.29) is 30.2 Å². The summed E-state index contributed by atoms with van der Waals surface area (Å²) in [7, 11) is 0. The molecule has 0 aromatic carbocycles. The quantitative estimate of drug-likeness (QED) is 0.150. The maximum Gasteiger partial charge on any atom is 0.100 e. The highest BCUT2D eigenvalue weighted by molar-refractivity contribution is 4.53. The highest BCUT2D eigenvalue weighted by atomic mass is 79.9. The van der Waals surface area contributed by atoms with Gasteiger partial charge in [-0.2, -0.15) is 0 Å². The Hall–Kier alpha value is 0.320. The van der Waals surface area contributed by atoms with Crippen LogP contribution in [0.4, 0.5) is 0 Å². The molecule has 3 N–H and O–H groups in total. The minimum atomic E-state index is -0.954. The summed E-state index contributed by atoms with van der Waals surface area (Å²) in [6.07, 6.45) is 21.9. The fraction of sp³-hybridized carbons (Fsp3) is 1.00. The van der Waals surface area contributed by atoms with Crippen LogP contribution in [0.2, 0.25) is 0 Å². The predicted octanol–water partition coefficient (Wildman–Crippen LogP) is 3.46. The van der Waals surface area contributed by atoms with Gasteiger partial charge in [0.05, 0.1) is 39.4 Å². The molecule has 198 valence electrons. The van der Waals surface area contributed by atoms with E-state index in [1.54, 1.807) is 0 Å². The van der Waals surface area contributed by atoms with Gasteiger partial charge in [0.25, 0.3) is 0 Å². The van der Waals surface area contributed by atoms with E-state index in [1.165, 1.54) is 133 Å². The first-order valence-electron chi connectivity index (χ1n) is 13.8. The van der Waals surface area contributed by atoms with Crippen molar-refractivity contribution in [1.29, 1.82) is 0 Å². The zero-order valence-electron chi connectivity index (χ0n) is 22.3. The Balaban J connectivity index is -0.00000105. The molecule has 0 radical (unpaired) electrons. The highest BCUT2D eigenvalue weighted by Crippen LogP contribution is 2.19. The molecule has 0 spiro atoms. The van der Waals surface area contributed by atoms with E-state index in [1.807, 2.05) is 0 Å². The minimum absolute atomic E-state index is 0. The van der Waals surface area contributed by atoms with E-state index in [9.17, 15) is 0 Å². The van der Waals surface area contributed by atoms with E-state index in [0.29, 0.717) is 0 Å². The van der Waals surface area contributed by atoms with Gasteiger partial charge in [0.15, 0.2) is 0 Å². The molecule has 0 saturated carbocycles. The van der Waals surface area contributed by atoms with Gasteiger partial charge in [-0.1, -0.05) is 79.1 Å². The lowest BCUT2D eigenvalue weighted by Crippen LogP contribution is -3.00. The van der Waals surface area contributed by atoms with Gasteiger partial charge in [0.1, 0.15) is 6.10 Å². The monoisotopic (exact) mass is 525 g/mol. The van der Waals surface area contributed by atoms with Crippen LogP contribution in [-0.2, 0) is 0 Å². The summed E-state index contributed by atoms with van der Waals surface area (Å²) in [5.41, 5.74) is 0. The molecule has 0 aromatic rings. The topological polar surface area (TPSA) is 60.7 Å². The molecule has 0 aliphatic heterocycles. The lowest BCUT2D eigenvalue weighted by atomic mass is 10.1. The second kappa shape index (κ2) is 29.4. The molecule has 0 unspecified atom stereocenters. The van der Waals surface area contributed by atoms with Gasteiger partial charge < -0.3 is 36.8 Å². The molecule has 0 rings (SSSR count). The minimum Gasteiger partial charge on any atom is -1.00 e. The van der Waals surface area contributed by atoms with Crippen molar-refractivity contribution in [2.24, 2.45) is 0 Å². The van der Waals surface area contributed by atoms with Gasteiger partial charge >= 0.3 is 0 Å². The van der Waals surface area contributed by atoms with Gasteiger partial charge in [-0.05, 0) is 51.4 Å². The number of hydrogen-bond acceptors (Lipinski definition) is 3. The fourth-order valence-corrected chi connectivity index (χ4v) is 4.22. The summed E-state index contributed by atoms with van der Waals surface area (Å²) in [5, 5.41) is 24.0. The SMILES string of the molecule is CCCCCC[N+](CCCCCC)(CCCCCC)CCCCCC.OCC(O)CO.[Br-]. The number of quaternary nitrogens is 1.